The summed E-state index contributed by atoms with van der Waals surface area (Å²) in [7, 11) is 0. The van der Waals surface area contributed by atoms with E-state index in [9.17, 15) is 29.6 Å². The molecule has 170 valence electrons. The van der Waals surface area contributed by atoms with Gasteiger partial charge in [0.05, 0.1) is 16.5 Å². The van der Waals surface area contributed by atoms with Crippen LogP contribution < -0.4 is 4.90 Å². The number of benzene rings is 3. The van der Waals surface area contributed by atoms with Crippen molar-refractivity contribution >= 4 is 46.2 Å². The second-order valence-electron chi connectivity index (χ2n) is 7.63. The zero-order valence-electron chi connectivity index (χ0n) is 17.8. The summed E-state index contributed by atoms with van der Waals surface area (Å²) >= 11 is 5.92. The molecule has 1 aliphatic rings. The quantitative estimate of drug-likeness (QED) is 0.137. The van der Waals surface area contributed by atoms with Gasteiger partial charge >= 0.3 is 0 Å². The Kier molecular flexibility index (Phi) is 6.00. The van der Waals surface area contributed by atoms with Gasteiger partial charge in [-0.25, -0.2) is 0 Å². The Hall–Kier alpha value is -4.30. The molecule has 0 aromatic heterocycles. The van der Waals surface area contributed by atoms with E-state index in [0.717, 1.165) is 4.90 Å². The monoisotopic (exact) mass is 476 g/mol. The SMILES string of the molecule is CC(=O)c1ccc(N2C(=O)C(=O)C(=C(O)c3ccc(Cl)cc3)C2c2cccc([N+](=O)[O-])c2)cc1. The smallest absolute Gasteiger partial charge is 0.300 e. The average Bonchev–Trinajstić information content (AvgIpc) is 3.09. The number of Topliss-reactive ketones (excluding diaryl/α,β-unsaturated/α-hetero) is 2. The van der Waals surface area contributed by atoms with Crippen molar-refractivity contribution in [3.05, 3.63) is 110 Å². The third-order valence-corrected chi connectivity index (χ3v) is 5.76. The van der Waals surface area contributed by atoms with Crippen LogP contribution >= 0.6 is 11.6 Å². The van der Waals surface area contributed by atoms with Crippen LogP contribution in [0.5, 0.6) is 0 Å². The van der Waals surface area contributed by atoms with Crippen LogP contribution in [0, 0.1) is 10.1 Å². The highest BCUT2D eigenvalue weighted by Gasteiger charge is 2.47. The van der Waals surface area contributed by atoms with Crippen molar-refractivity contribution < 1.29 is 24.4 Å². The molecule has 0 spiro atoms. The molecule has 0 radical (unpaired) electrons. The first kappa shape index (κ1) is 22.9. The molecule has 1 heterocycles. The molecule has 1 unspecified atom stereocenters. The van der Waals surface area contributed by atoms with E-state index in [0.29, 0.717) is 16.3 Å². The maximum Gasteiger partial charge on any atom is 0.300 e. The molecular weight excluding hydrogens is 460 g/mol. The van der Waals surface area contributed by atoms with Crippen LogP contribution in [0.1, 0.15) is 34.5 Å². The van der Waals surface area contributed by atoms with Crippen molar-refractivity contribution in [3.8, 4) is 0 Å². The van der Waals surface area contributed by atoms with Crippen molar-refractivity contribution in [3.63, 3.8) is 0 Å². The van der Waals surface area contributed by atoms with Crippen molar-refractivity contribution in [1.29, 1.82) is 0 Å². The molecule has 1 N–H and O–H groups in total. The Balaban J connectivity index is 1.94. The van der Waals surface area contributed by atoms with Gasteiger partial charge in [-0.1, -0.05) is 23.7 Å². The fourth-order valence-corrected chi connectivity index (χ4v) is 3.97. The highest BCUT2D eigenvalue weighted by Crippen LogP contribution is 2.42. The van der Waals surface area contributed by atoms with Gasteiger partial charge < -0.3 is 5.11 Å². The van der Waals surface area contributed by atoms with Gasteiger partial charge in [-0.05, 0) is 61.0 Å². The molecule has 1 fully saturated rings. The lowest BCUT2D eigenvalue weighted by atomic mass is 9.94. The predicted octanol–water partition coefficient (Wildman–Crippen LogP) is 5.08. The third-order valence-electron chi connectivity index (χ3n) is 5.51. The highest BCUT2D eigenvalue weighted by atomic mass is 35.5. The second kappa shape index (κ2) is 8.92. The van der Waals surface area contributed by atoms with E-state index in [1.807, 2.05) is 0 Å². The van der Waals surface area contributed by atoms with Crippen molar-refractivity contribution in [2.45, 2.75) is 13.0 Å². The molecule has 3 aromatic rings. The first-order chi connectivity index (χ1) is 16.2. The third kappa shape index (κ3) is 4.06. The summed E-state index contributed by atoms with van der Waals surface area (Å²) in [6.45, 7) is 1.40. The highest BCUT2D eigenvalue weighted by molar-refractivity contribution is 6.51. The number of carbonyl (C=O) groups is 3. The summed E-state index contributed by atoms with van der Waals surface area (Å²) in [4.78, 5) is 49.9. The predicted molar refractivity (Wildman–Crippen MR) is 126 cm³/mol. The number of halogens is 1. The van der Waals surface area contributed by atoms with E-state index in [1.54, 1.807) is 0 Å². The molecule has 0 aliphatic carbocycles. The topological polar surface area (TPSA) is 118 Å². The minimum atomic E-state index is -1.14. The summed E-state index contributed by atoms with van der Waals surface area (Å²) in [6.07, 6.45) is 0. The molecule has 34 heavy (non-hydrogen) atoms. The molecule has 9 heteroatoms. The lowest BCUT2D eigenvalue weighted by Gasteiger charge is -2.25. The van der Waals surface area contributed by atoms with Crippen LogP contribution in [0.2, 0.25) is 5.02 Å². The van der Waals surface area contributed by atoms with Crippen molar-refractivity contribution in [1.82, 2.24) is 0 Å². The largest absolute Gasteiger partial charge is 0.507 e. The van der Waals surface area contributed by atoms with Gasteiger partial charge in [-0.3, -0.25) is 29.4 Å². The normalized spacial score (nSPS) is 17.1. The van der Waals surface area contributed by atoms with Crippen LogP contribution in [0.3, 0.4) is 0 Å². The standard InChI is InChI=1S/C25H17ClN2O6/c1-14(29)15-7-11-19(12-8-15)27-22(17-3-2-4-20(13-17)28(33)34)21(24(31)25(27)32)23(30)16-5-9-18(26)10-6-16/h2-13,22,30H,1H3. The fraction of sp³-hybridized carbons (Fsp3) is 0.0800. The number of amides is 1. The Morgan fingerprint density at radius 1 is 1.00 bits per heavy atom. The van der Waals surface area contributed by atoms with Crippen LogP contribution in [-0.4, -0.2) is 27.5 Å². The maximum atomic E-state index is 13.1. The molecule has 8 nitrogen and oxygen atoms in total. The van der Waals surface area contributed by atoms with Gasteiger partial charge in [0, 0.05) is 34.0 Å². The molecule has 0 bridgehead atoms. The molecule has 4 rings (SSSR count). The van der Waals surface area contributed by atoms with Crippen LogP contribution in [0.25, 0.3) is 5.76 Å². The maximum absolute atomic E-state index is 13.1. The van der Waals surface area contributed by atoms with Gasteiger partial charge in [0.25, 0.3) is 17.4 Å². The number of nitro benzene ring substituents is 1. The minimum absolute atomic E-state index is 0.174. The Morgan fingerprint density at radius 2 is 1.62 bits per heavy atom. The fourth-order valence-electron chi connectivity index (χ4n) is 3.84. The lowest BCUT2D eigenvalue weighted by Crippen LogP contribution is -2.29. The molecule has 0 saturated carbocycles. The second-order valence-corrected chi connectivity index (χ2v) is 8.07. The van der Waals surface area contributed by atoms with Crippen LogP contribution in [0.15, 0.2) is 78.4 Å². The number of hydrogen-bond donors (Lipinski definition) is 1. The lowest BCUT2D eigenvalue weighted by molar-refractivity contribution is -0.384. The van der Waals surface area contributed by atoms with Gasteiger partial charge in [0.2, 0.25) is 0 Å². The van der Waals surface area contributed by atoms with E-state index >= 15 is 0 Å². The van der Waals surface area contributed by atoms with E-state index in [-0.39, 0.29) is 28.2 Å². The number of nitrogens with zero attached hydrogens (tertiary/aromatic N) is 2. The average molecular weight is 477 g/mol. The van der Waals surface area contributed by atoms with Crippen molar-refractivity contribution in [2.75, 3.05) is 4.90 Å². The number of aliphatic hydroxyl groups is 1. The molecule has 1 saturated heterocycles. The number of nitro groups is 1. The van der Waals surface area contributed by atoms with Gasteiger partial charge in [-0.15, -0.1) is 0 Å². The Labute approximate surface area is 198 Å². The van der Waals surface area contributed by atoms with E-state index in [4.69, 9.17) is 11.6 Å². The van der Waals surface area contributed by atoms with Crippen molar-refractivity contribution in [2.24, 2.45) is 0 Å². The number of rotatable bonds is 5. The number of non-ortho nitro benzene ring substituents is 1. The van der Waals surface area contributed by atoms with Gasteiger partial charge in [0.1, 0.15) is 5.76 Å². The summed E-state index contributed by atoms with van der Waals surface area (Å²) in [5.74, 6) is -2.47. The molecule has 1 aliphatic heterocycles. The minimum Gasteiger partial charge on any atom is -0.507 e. The summed E-state index contributed by atoms with van der Waals surface area (Å²) < 4.78 is 0. The molecular formula is C25H17ClN2O6. The van der Waals surface area contributed by atoms with Crippen LogP contribution in [-0.2, 0) is 9.59 Å². The zero-order chi connectivity index (χ0) is 24.6. The summed E-state index contributed by atoms with van der Waals surface area (Å²) in [5.41, 5.74) is 0.765. The molecule has 1 atom stereocenters. The summed E-state index contributed by atoms with van der Waals surface area (Å²) in [6, 6.07) is 16.5. The first-order valence-electron chi connectivity index (χ1n) is 10.1. The van der Waals surface area contributed by atoms with E-state index in [2.05, 4.69) is 0 Å². The molecule has 3 aromatic carbocycles. The summed E-state index contributed by atoms with van der Waals surface area (Å²) in [5, 5.41) is 22.8. The number of ketones is 2. The number of anilines is 1. The first-order valence-corrected chi connectivity index (χ1v) is 10.5. The van der Waals surface area contributed by atoms with E-state index in [1.165, 1.54) is 79.7 Å². The van der Waals surface area contributed by atoms with Gasteiger partial charge in [0.15, 0.2) is 5.78 Å². The molecule has 1 amide bonds. The van der Waals surface area contributed by atoms with Crippen LogP contribution in [0.4, 0.5) is 11.4 Å². The zero-order valence-corrected chi connectivity index (χ0v) is 18.5. The Bertz CT molecular complexity index is 1360. The van der Waals surface area contributed by atoms with Gasteiger partial charge in [-0.2, -0.15) is 0 Å². The number of aliphatic hydroxyl groups excluding tert-OH is 1. The Morgan fingerprint density at radius 3 is 2.21 bits per heavy atom. The van der Waals surface area contributed by atoms with E-state index < -0.39 is 28.4 Å². The number of hydrogen-bond acceptors (Lipinski definition) is 6. The number of carbonyl (C=O) groups excluding carboxylic acids is 3.